The van der Waals surface area contributed by atoms with Crippen LogP contribution in [0, 0.1) is 0 Å². The van der Waals surface area contributed by atoms with Crippen molar-refractivity contribution >= 4 is 0 Å². The molecule has 0 aliphatic heterocycles. The molecule has 15 heavy (non-hydrogen) atoms. The van der Waals surface area contributed by atoms with E-state index in [4.69, 9.17) is 9.84 Å². The highest BCUT2D eigenvalue weighted by molar-refractivity contribution is 4.72. The molecule has 0 aliphatic rings. The molecule has 2 unspecified atom stereocenters. The monoisotopic (exact) mass is 220 g/mol. The largest absolute Gasteiger partial charge is 0.391 e. The Morgan fingerprint density at radius 3 is 2.27 bits per heavy atom. The quantitative estimate of drug-likeness (QED) is 0.401. The first-order valence-electron chi connectivity index (χ1n) is 5.72. The number of hydrogen-bond donors (Lipinski definition) is 3. The van der Waals surface area contributed by atoms with E-state index in [1.165, 1.54) is 19.8 Å². The van der Waals surface area contributed by atoms with E-state index in [9.17, 15) is 10.2 Å². The molecule has 4 nitrogen and oxygen atoms in total. The molecule has 0 saturated heterocycles. The van der Waals surface area contributed by atoms with Crippen molar-refractivity contribution in [1.29, 1.82) is 0 Å². The van der Waals surface area contributed by atoms with Gasteiger partial charge in [-0.1, -0.05) is 32.6 Å². The molecular weight excluding hydrogens is 196 g/mol. The first-order valence-corrected chi connectivity index (χ1v) is 5.72. The molecule has 0 aromatic carbocycles. The topological polar surface area (TPSA) is 69.9 Å². The van der Waals surface area contributed by atoms with E-state index >= 15 is 0 Å². The summed E-state index contributed by atoms with van der Waals surface area (Å²) < 4.78 is 5.08. The molecule has 2 atom stereocenters. The SMILES string of the molecule is CCCCCCCOC(O)(CO)C(C)O. The summed E-state index contributed by atoms with van der Waals surface area (Å²) in [7, 11) is 0. The maximum absolute atomic E-state index is 9.58. The summed E-state index contributed by atoms with van der Waals surface area (Å²) in [5.41, 5.74) is 0. The second-order valence-electron chi connectivity index (χ2n) is 3.94. The molecule has 0 aromatic heterocycles. The lowest BCUT2D eigenvalue weighted by molar-refractivity contribution is -0.268. The summed E-state index contributed by atoms with van der Waals surface area (Å²) in [6.45, 7) is 3.33. The van der Waals surface area contributed by atoms with Crippen LogP contribution in [-0.2, 0) is 4.74 Å². The van der Waals surface area contributed by atoms with Gasteiger partial charge in [-0.05, 0) is 13.3 Å². The zero-order chi connectivity index (χ0) is 11.7. The molecule has 0 amide bonds. The van der Waals surface area contributed by atoms with E-state index in [1.54, 1.807) is 0 Å². The van der Waals surface area contributed by atoms with Crippen LogP contribution in [0.3, 0.4) is 0 Å². The van der Waals surface area contributed by atoms with E-state index in [0.29, 0.717) is 6.61 Å². The van der Waals surface area contributed by atoms with Crippen molar-refractivity contribution in [3.8, 4) is 0 Å². The number of hydrogen-bond acceptors (Lipinski definition) is 4. The molecule has 0 heterocycles. The Bertz CT molecular complexity index is 150. The predicted molar refractivity (Wildman–Crippen MR) is 58.4 cm³/mol. The van der Waals surface area contributed by atoms with Gasteiger partial charge in [-0.3, -0.25) is 0 Å². The lowest BCUT2D eigenvalue weighted by atomic mass is 10.1. The second-order valence-corrected chi connectivity index (χ2v) is 3.94. The van der Waals surface area contributed by atoms with E-state index in [1.807, 2.05) is 0 Å². The average Bonchev–Trinajstić information content (AvgIpc) is 2.22. The first-order chi connectivity index (χ1) is 7.06. The summed E-state index contributed by atoms with van der Waals surface area (Å²) in [4.78, 5) is 0. The molecule has 0 aliphatic carbocycles. The van der Waals surface area contributed by atoms with Crippen LogP contribution in [0.4, 0.5) is 0 Å². The van der Waals surface area contributed by atoms with Gasteiger partial charge in [0.15, 0.2) is 0 Å². The van der Waals surface area contributed by atoms with Gasteiger partial charge in [0.05, 0.1) is 13.2 Å². The molecule has 0 spiro atoms. The highest BCUT2D eigenvalue weighted by Crippen LogP contribution is 2.13. The number of unbranched alkanes of at least 4 members (excludes halogenated alkanes) is 4. The third kappa shape index (κ3) is 6.10. The smallest absolute Gasteiger partial charge is 0.215 e. The minimum atomic E-state index is -1.80. The van der Waals surface area contributed by atoms with Gasteiger partial charge < -0.3 is 20.1 Å². The van der Waals surface area contributed by atoms with E-state index < -0.39 is 18.5 Å². The fourth-order valence-electron chi connectivity index (χ4n) is 1.25. The van der Waals surface area contributed by atoms with Gasteiger partial charge in [-0.25, -0.2) is 0 Å². The highest BCUT2D eigenvalue weighted by atomic mass is 16.6. The lowest BCUT2D eigenvalue weighted by Crippen LogP contribution is -2.47. The number of aliphatic hydroxyl groups excluding tert-OH is 2. The van der Waals surface area contributed by atoms with Gasteiger partial charge in [0.1, 0.15) is 6.10 Å². The fourth-order valence-corrected chi connectivity index (χ4v) is 1.25. The Balaban J connectivity index is 3.55. The van der Waals surface area contributed by atoms with Crippen LogP contribution in [0.15, 0.2) is 0 Å². The van der Waals surface area contributed by atoms with Crippen molar-refractivity contribution in [3.05, 3.63) is 0 Å². The van der Waals surface area contributed by atoms with Crippen LogP contribution in [0.5, 0.6) is 0 Å². The molecule has 0 saturated carbocycles. The Morgan fingerprint density at radius 2 is 1.80 bits per heavy atom. The normalized spacial score (nSPS) is 17.4. The van der Waals surface area contributed by atoms with Crippen molar-refractivity contribution < 1.29 is 20.1 Å². The Hall–Kier alpha value is -0.160. The van der Waals surface area contributed by atoms with Gasteiger partial charge in [0, 0.05) is 0 Å². The summed E-state index contributed by atoms with van der Waals surface area (Å²) in [5.74, 6) is -1.80. The van der Waals surface area contributed by atoms with Gasteiger partial charge in [-0.15, -0.1) is 0 Å². The maximum Gasteiger partial charge on any atom is 0.215 e. The van der Waals surface area contributed by atoms with Crippen molar-refractivity contribution in [3.63, 3.8) is 0 Å². The summed E-state index contributed by atoms with van der Waals surface area (Å²) in [6.07, 6.45) is 4.37. The fraction of sp³-hybridized carbons (Fsp3) is 1.00. The third-order valence-corrected chi connectivity index (χ3v) is 2.48. The highest BCUT2D eigenvalue weighted by Gasteiger charge is 2.32. The standard InChI is InChI=1S/C11H24O4/c1-3-4-5-6-7-8-15-11(14,9-12)10(2)13/h10,12-14H,3-9H2,1-2H3. The molecule has 0 aromatic rings. The van der Waals surface area contributed by atoms with E-state index in [2.05, 4.69) is 6.92 Å². The molecule has 3 N–H and O–H groups in total. The van der Waals surface area contributed by atoms with Crippen molar-refractivity contribution in [1.82, 2.24) is 0 Å². The number of aliphatic hydroxyl groups is 3. The van der Waals surface area contributed by atoms with Gasteiger partial charge in [0.2, 0.25) is 5.79 Å². The third-order valence-electron chi connectivity index (χ3n) is 2.48. The van der Waals surface area contributed by atoms with Gasteiger partial charge in [-0.2, -0.15) is 0 Å². The summed E-state index contributed by atoms with van der Waals surface area (Å²) in [5, 5.41) is 27.6. The number of ether oxygens (including phenoxy) is 1. The lowest BCUT2D eigenvalue weighted by Gasteiger charge is -2.28. The molecule has 0 radical (unpaired) electrons. The molecule has 4 heteroatoms. The van der Waals surface area contributed by atoms with Crippen molar-refractivity contribution in [2.24, 2.45) is 0 Å². The molecule has 0 rings (SSSR count). The molecular formula is C11H24O4. The van der Waals surface area contributed by atoms with Gasteiger partial charge in [0.25, 0.3) is 0 Å². The Morgan fingerprint density at radius 1 is 1.20 bits per heavy atom. The molecule has 0 bridgehead atoms. The average molecular weight is 220 g/mol. The van der Waals surface area contributed by atoms with Crippen LogP contribution < -0.4 is 0 Å². The Kier molecular flexibility index (Phi) is 7.96. The predicted octanol–water partition coefficient (Wildman–Crippen LogP) is 1.04. The molecule has 0 fully saturated rings. The van der Waals surface area contributed by atoms with E-state index in [0.717, 1.165) is 19.3 Å². The first kappa shape index (κ1) is 14.8. The zero-order valence-electron chi connectivity index (χ0n) is 9.78. The van der Waals surface area contributed by atoms with Crippen molar-refractivity contribution in [2.45, 2.75) is 57.8 Å². The van der Waals surface area contributed by atoms with Crippen LogP contribution in [0.1, 0.15) is 46.0 Å². The summed E-state index contributed by atoms with van der Waals surface area (Å²) >= 11 is 0. The Labute approximate surface area is 91.9 Å². The maximum atomic E-state index is 9.58. The summed E-state index contributed by atoms with van der Waals surface area (Å²) in [6, 6.07) is 0. The zero-order valence-corrected chi connectivity index (χ0v) is 9.78. The van der Waals surface area contributed by atoms with Crippen LogP contribution in [-0.4, -0.2) is 40.4 Å². The second kappa shape index (κ2) is 8.05. The van der Waals surface area contributed by atoms with E-state index in [-0.39, 0.29) is 0 Å². The molecule has 92 valence electrons. The minimum Gasteiger partial charge on any atom is -0.391 e. The number of rotatable bonds is 9. The minimum absolute atomic E-state index is 0.367. The van der Waals surface area contributed by atoms with Gasteiger partial charge >= 0.3 is 0 Å². The van der Waals surface area contributed by atoms with Crippen LogP contribution >= 0.6 is 0 Å². The van der Waals surface area contributed by atoms with Crippen LogP contribution in [0.25, 0.3) is 0 Å². The van der Waals surface area contributed by atoms with Crippen LogP contribution in [0.2, 0.25) is 0 Å². The van der Waals surface area contributed by atoms with Crippen molar-refractivity contribution in [2.75, 3.05) is 13.2 Å².